The Balaban J connectivity index is 1.55. The van der Waals surface area contributed by atoms with Crippen LogP contribution in [0.5, 0.6) is 5.75 Å². The molecular weight excluding hydrogens is 413 g/mol. The van der Waals surface area contributed by atoms with Gasteiger partial charge in [-0.1, -0.05) is 11.6 Å². The Bertz CT molecular complexity index is 1050. The van der Waals surface area contributed by atoms with E-state index in [2.05, 4.69) is 0 Å². The Kier molecular flexibility index (Phi) is 6.74. The fraction of sp³-hybridized carbons (Fsp3) is 0.182. The topological polar surface area (TPSA) is 69.0 Å². The summed E-state index contributed by atoms with van der Waals surface area (Å²) in [7, 11) is 2.94. The summed E-state index contributed by atoms with van der Waals surface area (Å²) in [6.45, 7) is -0.341. The first-order valence-corrected chi connectivity index (χ1v) is 9.34. The van der Waals surface area contributed by atoms with Gasteiger partial charge in [0.25, 0.3) is 5.91 Å². The van der Waals surface area contributed by atoms with Gasteiger partial charge in [-0.3, -0.25) is 4.79 Å². The van der Waals surface area contributed by atoms with Crippen LogP contribution in [0.2, 0.25) is 5.02 Å². The molecule has 0 saturated heterocycles. The molecule has 0 radical (unpaired) electrons. The van der Waals surface area contributed by atoms with Gasteiger partial charge in [0.05, 0.1) is 19.2 Å². The minimum absolute atomic E-state index is 0.181. The molecule has 0 saturated carbocycles. The number of esters is 1. The van der Waals surface area contributed by atoms with Gasteiger partial charge in [-0.05, 0) is 48.5 Å². The molecule has 0 unspecified atom stereocenters. The van der Waals surface area contributed by atoms with E-state index in [1.54, 1.807) is 31.3 Å². The van der Waals surface area contributed by atoms with Crippen LogP contribution in [0, 0.1) is 5.82 Å². The maximum atomic E-state index is 13.9. The molecule has 1 aromatic heterocycles. The molecule has 1 heterocycles. The van der Waals surface area contributed by atoms with E-state index in [1.165, 1.54) is 24.1 Å². The molecule has 3 aromatic rings. The van der Waals surface area contributed by atoms with E-state index in [0.29, 0.717) is 16.5 Å². The van der Waals surface area contributed by atoms with Gasteiger partial charge in [0.1, 0.15) is 23.1 Å². The number of amides is 1. The fourth-order valence-corrected chi connectivity index (χ4v) is 2.78. The zero-order chi connectivity index (χ0) is 21.7. The van der Waals surface area contributed by atoms with Crippen LogP contribution in [-0.4, -0.2) is 37.5 Å². The number of benzene rings is 2. The normalized spacial score (nSPS) is 10.5. The lowest BCUT2D eigenvalue weighted by molar-refractivity contribution is -0.134. The highest BCUT2D eigenvalue weighted by Gasteiger charge is 2.18. The maximum Gasteiger partial charge on any atom is 0.341 e. The average Bonchev–Trinajstić information content (AvgIpc) is 3.20. The molecule has 2 aromatic carbocycles. The molecule has 1 amide bonds. The second-order valence-corrected chi connectivity index (χ2v) is 6.88. The monoisotopic (exact) mass is 431 g/mol. The van der Waals surface area contributed by atoms with Crippen molar-refractivity contribution in [1.82, 2.24) is 4.90 Å². The largest absolute Gasteiger partial charge is 0.497 e. The van der Waals surface area contributed by atoms with E-state index in [-0.39, 0.29) is 17.9 Å². The number of ether oxygens (including phenoxy) is 2. The number of carbonyl (C=O) groups is 2. The average molecular weight is 432 g/mol. The van der Waals surface area contributed by atoms with Gasteiger partial charge in [0.15, 0.2) is 6.61 Å². The molecule has 0 atom stereocenters. The van der Waals surface area contributed by atoms with Crippen molar-refractivity contribution in [1.29, 1.82) is 0 Å². The van der Waals surface area contributed by atoms with Gasteiger partial charge < -0.3 is 18.8 Å². The number of furan rings is 1. The quantitative estimate of drug-likeness (QED) is 0.513. The Morgan fingerprint density at radius 1 is 1.10 bits per heavy atom. The Morgan fingerprint density at radius 2 is 1.83 bits per heavy atom. The minimum Gasteiger partial charge on any atom is -0.497 e. The van der Waals surface area contributed by atoms with Crippen molar-refractivity contribution < 1.29 is 27.9 Å². The van der Waals surface area contributed by atoms with E-state index in [1.807, 2.05) is 12.1 Å². The highest BCUT2D eigenvalue weighted by Crippen LogP contribution is 2.24. The lowest BCUT2D eigenvalue weighted by Crippen LogP contribution is -2.30. The van der Waals surface area contributed by atoms with Crippen LogP contribution in [0.15, 0.2) is 59.0 Å². The van der Waals surface area contributed by atoms with Gasteiger partial charge in [-0.25, -0.2) is 9.18 Å². The highest BCUT2D eigenvalue weighted by atomic mass is 35.5. The predicted molar refractivity (Wildman–Crippen MR) is 109 cm³/mol. The fourth-order valence-electron chi connectivity index (χ4n) is 2.66. The Hall–Kier alpha value is -3.32. The summed E-state index contributed by atoms with van der Waals surface area (Å²) < 4.78 is 29.5. The van der Waals surface area contributed by atoms with Crippen LogP contribution in [0.4, 0.5) is 4.39 Å². The minimum atomic E-state index is -0.931. The summed E-state index contributed by atoms with van der Waals surface area (Å²) in [6, 6.07) is 14.5. The molecule has 0 aliphatic heterocycles. The molecule has 0 spiro atoms. The zero-order valence-electron chi connectivity index (χ0n) is 16.4. The van der Waals surface area contributed by atoms with Crippen molar-refractivity contribution in [3.05, 3.63) is 76.8 Å². The van der Waals surface area contributed by atoms with Gasteiger partial charge in [0, 0.05) is 23.7 Å². The predicted octanol–water partition coefficient (Wildman–Crippen LogP) is 4.56. The van der Waals surface area contributed by atoms with E-state index in [9.17, 15) is 14.0 Å². The third-order valence-electron chi connectivity index (χ3n) is 4.33. The molecule has 156 valence electrons. The first-order chi connectivity index (χ1) is 14.4. The van der Waals surface area contributed by atoms with Crippen LogP contribution >= 0.6 is 11.6 Å². The molecule has 0 fully saturated rings. The van der Waals surface area contributed by atoms with Crippen molar-refractivity contribution in [3.8, 4) is 17.1 Å². The first-order valence-electron chi connectivity index (χ1n) is 8.96. The SMILES string of the molecule is COc1ccc(C(=O)OCC(=O)N(C)Cc2ccc(-c3ccc(Cl)cc3)o2)c(F)c1. The molecule has 3 rings (SSSR count). The molecule has 30 heavy (non-hydrogen) atoms. The van der Waals surface area contributed by atoms with E-state index < -0.39 is 24.3 Å². The summed E-state index contributed by atoms with van der Waals surface area (Å²) in [5, 5.41) is 0.625. The molecule has 6 nitrogen and oxygen atoms in total. The summed E-state index contributed by atoms with van der Waals surface area (Å²) >= 11 is 5.88. The third-order valence-corrected chi connectivity index (χ3v) is 4.58. The molecule has 0 aliphatic rings. The van der Waals surface area contributed by atoms with E-state index in [0.717, 1.165) is 11.6 Å². The summed E-state index contributed by atoms with van der Waals surface area (Å²) in [5.41, 5.74) is 0.583. The first kappa shape index (κ1) is 21.4. The number of hydrogen-bond acceptors (Lipinski definition) is 5. The molecule has 8 heteroatoms. The number of nitrogens with zero attached hydrogens (tertiary/aromatic N) is 1. The van der Waals surface area contributed by atoms with E-state index >= 15 is 0 Å². The lowest BCUT2D eigenvalue weighted by atomic mass is 10.2. The van der Waals surface area contributed by atoms with Crippen molar-refractivity contribution in [2.45, 2.75) is 6.54 Å². The third kappa shape index (κ3) is 5.18. The summed E-state index contributed by atoms with van der Waals surface area (Å²) in [5.74, 6) is -0.698. The maximum absolute atomic E-state index is 13.9. The Morgan fingerprint density at radius 3 is 2.50 bits per heavy atom. The van der Waals surface area contributed by atoms with Crippen molar-refractivity contribution >= 4 is 23.5 Å². The lowest BCUT2D eigenvalue weighted by Gasteiger charge is -2.15. The van der Waals surface area contributed by atoms with Gasteiger partial charge in [0.2, 0.25) is 0 Å². The number of methoxy groups -OCH3 is 1. The number of rotatable bonds is 7. The van der Waals surface area contributed by atoms with Crippen molar-refractivity contribution in [3.63, 3.8) is 0 Å². The molecular formula is C22H19ClFNO5. The number of hydrogen-bond donors (Lipinski definition) is 0. The molecule has 0 aliphatic carbocycles. The van der Waals surface area contributed by atoms with Crippen LogP contribution < -0.4 is 4.74 Å². The number of carbonyl (C=O) groups excluding carboxylic acids is 2. The van der Waals surface area contributed by atoms with E-state index in [4.69, 9.17) is 25.5 Å². The van der Waals surface area contributed by atoms with Crippen LogP contribution in [0.25, 0.3) is 11.3 Å². The molecule has 0 N–H and O–H groups in total. The van der Waals surface area contributed by atoms with Crippen LogP contribution in [0.3, 0.4) is 0 Å². The van der Waals surface area contributed by atoms with Gasteiger partial charge >= 0.3 is 5.97 Å². The molecule has 0 bridgehead atoms. The van der Waals surface area contributed by atoms with Crippen molar-refractivity contribution in [2.75, 3.05) is 20.8 Å². The standard InChI is InChI=1S/C22H19ClFNO5/c1-25(12-17-8-10-20(30-17)14-3-5-15(23)6-4-14)21(26)13-29-22(27)18-9-7-16(28-2)11-19(18)24/h3-11H,12-13H2,1-2H3. The van der Waals surface area contributed by atoms with Crippen molar-refractivity contribution in [2.24, 2.45) is 0 Å². The Labute approximate surface area is 177 Å². The summed E-state index contributed by atoms with van der Waals surface area (Å²) in [4.78, 5) is 25.6. The number of likely N-dealkylation sites (N-methyl/N-ethyl adjacent to an activating group) is 1. The van der Waals surface area contributed by atoms with Crippen LogP contribution in [-0.2, 0) is 16.1 Å². The second-order valence-electron chi connectivity index (χ2n) is 6.44. The number of halogens is 2. The van der Waals surface area contributed by atoms with Gasteiger partial charge in [-0.15, -0.1) is 0 Å². The van der Waals surface area contributed by atoms with Crippen LogP contribution in [0.1, 0.15) is 16.1 Å². The second kappa shape index (κ2) is 9.45. The van der Waals surface area contributed by atoms with Gasteiger partial charge in [-0.2, -0.15) is 0 Å². The highest BCUT2D eigenvalue weighted by molar-refractivity contribution is 6.30. The summed E-state index contributed by atoms with van der Waals surface area (Å²) in [6.07, 6.45) is 0. The smallest absolute Gasteiger partial charge is 0.341 e. The zero-order valence-corrected chi connectivity index (χ0v) is 17.1.